The number of rotatable bonds is 2. The number of fused-ring (bicyclic) bond motifs is 1. The van der Waals surface area contributed by atoms with E-state index in [1.54, 1.807) is 11.0 Å². The molecule has 5 heteroatoms. The van der Waals surface area contributed by atoms with Crippen molar-refractivity contribution in [1.29, 1.82) is 0 Å². The molecule has 134 valence electrons. The molecule has 1 fully saturated rings. The molecule has 2 aromatic rings. The third kappa shape index (κ3) is 3.34. The summed E-state index contributed by atoms with van der Waals surface area (Å²) in [6, 6.07) is 12.3. The number of likely N-dealkylation sites (tertiary alicyclic amines) is 1. The Labute approximate surface area is 152 Å². The van der Waals surface area contributed by atoms with Crippen molar-refractivity contribution in [3.8, 4) is 0 Å². The van der Waals surface area contributed by atoms with Crippen LogP contribution in [0.5, 0.6) is 0 Å². The number of carbonyl (C=O) groups is 2. The van der Waals surface area contributed by atoms with Crippen LogP contribution in [0.4, 0.5) is 10.1 Å². The van der Waals surface area contributed by atoms with Gasteiger partial charge in [-0.15, -0.1) is 0 Å². The number of nitrogens with one attached hydrogen (secondary N) is 1. The summed E-state index contributed by atoms with van der Waals surface area (Å²) >= 11 is 0. The van der Waals surface area contributed by atoms with Crippen LogP contribution in [0.1, 0.15) is 35.4 Å². The second-order valence-electron chi connectivity index (χ2n) is 7.08. The van der Waals surface area contributed by atoms with E-state index in [9.17, 15) is 14.0 Å². The minimum Gasteiger partial charge on any atom is -0.334 e. The van der Waals surface area contributed by atoms with Crippen molar-refractivity contribution in [2.75, 3.05) is 18.4 Å². The first-order chi connectivity index (χ1) is 12.6. The molecule has 1 N–H and O–H groups in total. The maximum atomic E-state index is 13.4. The van der Waals surface area contributed by atoms with Crippen molar-refractivity contribution >= 4 is 17.5 Å². The molecule has 1 heterocycles. The zero-order valence-corrected chi connectivity index (χ0v) is 14.5. The zero-order chi connectivity index (χ0) is 18.1. The molecule has 4 rings (SSSR count). The van der Waals surface area contributed by atoms with Gasteiger partial charge in [0.05, 0.1) is 0 Å². The summed E-state index contributed by atoms with van der Waals surface area (Å²) in [5, 5.41) is 2.72. The van der Waals surface area contributed by atoms with E-state index < -0.39 is 11.8 Å². The van der Waals surface area contributed by atoms with E-state index in [2.05, 4.69) is 5.32 Å². The predicted molar refractivity (Wildman–Crippen MR) is 97.4 cm³/mol. The third-order valence-electron chi connectivity index (χ3n) is 5.35. The second-order valence-corrected chi connectivity index (χ2v) is 7.08. The van der Waals surface area contributed by atoms with Gasteiger partial charge in [-0.2, -0.15) is 0 Å². The molecule has 0 bridgehead atoms. The minimum atomic E-state index is -0.608. The summed E-state index contributed by atoms with van der Waals surface area (Å²) in [4.78, 5) is 26.4. The molecular weight excluding hydrogens is 331 g/mol. The summed E-state index contributed by atoms with van der Waals surface area (Å²) in [5.41, 5.74) is 4.12. The standard InChI is InChI=1S/C21H21FN2O2/c22-18-6-2-5-15(11-18)17-9-10-24(13-17)21(26)20(25)23-19-8-7-14-3-1-4-16(14)12-19/h2,5-8,11-12,17H,1,3-4,9-10,13H2,(H,23,25)/t17-/m1/s1. The van der Waals surface area contributed by atoms with E-state index in [4.69, 9.17) is 0 Å². The molecule has 0 spiro atoms. The van der Waals surface area contributed by atoms with Crippen molar-refractivity contribution in [1.82, 2.24) is 4.90 Å². The first-order valence-electron chi connectivity index (χ1n) is 9.07. The summed E-state index contributed by atoms with van der Waals surface area (Å²) in [7, 11) is 0. The molecule has 1 atom stereocenters. The number of nitrogens with zero attached hydrogens (tertiary/aromatic N) is 1. The molecule has 4 nitrogen and oxygen atoms in total. The average molecular weight is 352 g/mol. The zero-order valence-electron chi connectivity index (χ0n) is 14.5. The van der Waals surface area contributed by atoms with E-state index in [-0.39, 0.29) is 11.7 Å². The molecule has 1 aliphatic heterocycles. The average Bonchev–Trinajstić information content (AvgIpc) is 3.30. The lowest BCUT2D eigenvalue weighted by Crippen LogP contribution is -2.38. The molecule has 1 saturated heterocycles. The number of halogens is 1. The quantitative estimate of drug-likeness (QED) is 0.844. The Kier molecular flexibility index (Phi) is 4.45. The maximum Gasteiger partial charge on any atom is 0.313 e. The van der Waals surface area contributed by atoms with Crippen molar-refractivity contribution < 1.29 is 14.0 Å². The number of benzene rings is 2. The second kappa shape index (κ2) is 6.90. The molecule has 0 unspecified atom stereocenters. The fourth-order valence-electron chi connectivity index (χ4n) is 3.96. The van der Waals surface area contributed by atoms with Crippen molar-refractivity contribution in [2.45, 2.75) is 31.6 Å². The highest BCUT2D eigenvalue weighted by molar-refractivity contribution is 6.39. The number of anilines is 1. The molecule has 2 amide bonds. The van der Waals surface area contributed by atoms with E-state index in [1.165, 1.54) is 23.3 Å². The van der Waals surface area contributed by atoms with Crippen LogP contribution >= 0.6 is 0 Å². The van der Waals surface area contributed by atoms with Gasteiger partial charge in [-0.25, -0.2) is 4.39 Å². The van der Waals surface area contributed by atoms with Gasteiger partial charge in [0.25, 0.3) is 0 Å². The number of hydrogen-bond donors (Lipinski definition) is 1. The van der Waals surface area contributed by atoms with Gasteiger partial charge in [0.2, 0.25) is 0 Å². The highest BCUT2D eigenvalue weighted by Gasteiger charge is 2.31. The van der Waals surface area contributed by atoms with Crippen LogP contribution in [0, 0.1) is 5.82 Å². The van der Waals surface area contributed by atoms with Crippen molar-refractivity contribution in [2.24, 2.45) is 0 Å². The molecule has 26 heavy (non-hydrogen) atoms. The lowest BCUT2D eigenvalue weighted by atomic mass is 9.98. The van der Waals surface area contributed by atoms with Gasteiger partial charge in [0, 0.05) is 24.7 Å². The number of carbonyl (C=O) groups excluding carboxylic acids is 2. The summed E-state index contributed by atoms with van der Waals surface area (Å²) in [6.45, 7) is 0.956. The van der Waals surface area contributed by atoms with E-state index in [0.717, 1.165) is 31.2 Å². The van der Waals surface area contributed by atoms with E-state index >= 15 is 0 Å². The topological polar surface area (TPSA) is 49.4 Å². The lowest BCUT2D eigenvalue weighted by Gasteiger charge is -2.16. The Bertz CT molecular complexity index is 865. The molecule has 2 aromatic carbocycles. The fourth-order valence-corrected chi connectivity index (χ4v) is 3.96. The largest absolute Gasteiger partial charge is 0.334 e. The van der Waals surface area contributed by atoms with E-state index in [0.29, 0.717) is 18.8 Å². The van der Waals surface area contributed by atoms with E-state index in [1.807, 2.05) is 24.3 Å². The summed E-state index contributed by atoms with van der Waals surface area (Å²) in [5.74, 6) is -1.34. The monoisotopic (exact) mass is 352 g/mol. The SMILES string of the molecule is O=C(Nc1ccc2c(c1)CCC2)C(=O)N1CC[C@@H](c2cccc(F)c2)C1. The first-order valence-corrected chi connectivity index (χ1v) is 9.07. The van der Waals surface area contributed by atoms with Gasteiger partial charge in [0.15, 0.2) is 0 Å². The highest BCUT2D eigenvalue weighted by Crippen LogP contribution is 2.28. The van der Waals surface area contributed by atoms with Crippen LogP contribution in [-0.2, 0) is 22.4 Å². The summed E-state index contributed by atoms with van der Waals surface area (Å²) < 4.78 is 13.4. The normalized spacial score (nSPS) is 18.7. The lowest BCUT2D eigenvalue weighted by molar-refractivity contribution is -0.142. The number of hydrogen-bond acceptors (Lipinski definition) is 2. The van der Waals surface area contributed by atoms with Crippen molar-refractivity contribution in [3.05, 3.63) is 65.0 Å². The molecule has 0 saturated carbocycles. The fraction of sp³-hybridized carbons (Fsp3) is 0.333. The number of aryl methyl sites for hydroxylation is 2. The van der Waals surface area contributed by atoms with Crippen LogP contribution in [0.2, 0.25) is 0 Å². The predicted octanol–water partition coefficient (Wildman–Crippen LogP) is 3.27. The Balaban J connectivity index is 1.39. The van der Waals surface area contributed by atoms with Crippen LogP contribution < -0.4 is 5.32 Å². The Morgan fingerprint density at radius 3 is 2.77 bits per heavy atom. The molecule has 0 aromatic heterocycles. The number of amides is 2. The Morgan fingerprint density at radius 1 is 1.08 bits per heavy atom. The van der Waals surface area contributed by atoms with Crippen molar-refractivity contribution in [3.63, 3.8) is 0 Å². The maximum absolute atomic E-state index is 13.4. The van der Waals surface area contributed by atoms with Crippen LogP contribution in [0.25, 0.3) is 0 Å². The van der Waals surface area contributed by atoms with Gasteiger partial charge in [0.1, 0.15) is 5.82 Å². The molecule has 0 radical (unpaired) electrons. The van der Waals surface area contributed by atoms with Gasteiger partial charge in [-0.05, 0) is 66.6 Å². The summed E-state index contributed by atoms with van der Waals surface area (Å²) in [6.07, 6.45) is 3.98. The Morgan fingerprint density at radius 2 is 1.92 bits per heavy atom. The third-order valence-corrected chi connectivity index (χ3v) is 5.35. The highest BCUT2D eigenvalue weighted by atomic mass is 19.1. The Hall–Kier alpha value is -2.69. The van der Waals surface area contributed by atoms with Crippen LogP contribution in [-0.4, -0.2) is 29.8 Å². The van der Waals surface area contributed by atoms with Crippen LogP contribution in [0.3, 0.4) is 0 Å². The molecule has 1 aliphatic carbocycles. The van der Waals surface area contributed by atoms with Gasteiger partial charge >= 0.3 is 11.8 Å². The van der Waals surface area contributed by atoms with Gasteiger partial charge in [-0.3, -0.25) is 9.59 Å². The van der Waals surface area contributed by atoms with Gasteiger partial charge in [-0.1, -0.05) is 18.2 Å². The first kappa shape index (κ1) is 16.8. The minimum absolute atomic E-state index is 0.0717. The van der Waals surface area contributed by atoms with Gasteiger partial charge < -0.3 is 10.2 Å². The molecular formula is C21H21FN2O2. The smallest absolute Gasteiger partial charge is 0.313 e. The molecule has 2 aliphatic rings. The van der Waals surface area contributed by atoms with Crippen LogP contribution in [0.15, 0.2) is 42.5 Å².